The molecule has 27 heavy (non-hydrogen) atoms. The first-order chi connectivity index (χ1) is 13.2. The van der Waals surface area contributed by atoms with Gasteiger partial charge < -0.3 is 0 Å². The minimum absolute atomic E-state index is 0.753. The van der Waals surface area contributed by atoms with Gasteiger partial charge in [0.15, 0.2) is 0 Å². The molecule has 0 bridgehead atoms. The standard InChI is InChI=1S/C24H21ClNP/c25-27(22-12-4-1-5-13-22,23-14-6-2-7-15-23,24-16-8-3-9-17-24)20-21-11-10-18-26-19-21/h1-19H,20H2/p+1. The Kier molecular flexibility index (Phi) is 4.83. The summed E-state index contributed by atoms with van der Waals surface area (Å²) in [4.78, 5) is 3.22. The van der Waals surface area contributed by atoms with E-state index in [1.807, 2.05) is 30.5 Å². The molecule has 1 nitrogen and oxygen atoms in total. The average molecular weight is 391 g/mol. The molecule has 0 unspecified atom stereocenters. The van der Waals surface area contributed by atoms with E-state index in [2.05, 4.69) is 90.0 Å². The first-order valence-corrected chi connectivity index (χ1v) is 12.4. The van der Waals surface area contributed by atoms with E-state index in [0.29, 0.717) is 0 Å². The van der Waals surface area contributed by atoms with Gasteiger partial charge in [0, 0.05) is 0 Å². The molecule has 134 valence electrons. The molecule has 0 radical (unpaired) electrons. The first kappa shape index (κ1) is 17.9. The third kappa shape index (κ3) is 3.08. The van der Waals surface area contributed by atoms with Gasteiger partial charge >= 0.3 is 165 Å². The maximum atomic E-state index is 8.03. The van der Waals surface area contributed by atoms with Crippen molar-refractivity contribution < 1.29 is 4.98 Å². The van der Waals surface area contributed by atoms with Crippen molar-refractivity contribution in [1.29, 1.82) is 0 Å². The van der Waals surface area contributed by atoms with Crippen LogP contribution in [0.25, 0.3) is 0 Å². The second-order valence-corrected chi connectivity index (χ2v) is 13.2. The molecular formula is C24H22ClNP+. The van der Waals surface area contributed by atoms with E-state index in [4.69, 9.17) is 11.2 Å². The number of halogens is 1. The van der Waals surface area contributed by atoms with Crippen molar-refractivity contribution in [3.05, 3.63) is 121 Å². The van der Waals surface area contributed by atoms with Crippen LogP contribution in [0.2, 0.25) is 0 Å². The van der Waals surface area contributed by atoms with Gasteiger partial charge in [-0.05, 0) is 0 Å². The second kappa shape index (κ2) is 7.27. The molecule has 0 fully saturated rings. The number of pyridine rings is 1. The van der Waals surface area contributed by atoms with Gasteiger partial charge in [0.25, 0.3) is 0 Å². The van der Waals surface area contributed by atoms with E-state index in [9.17, 15) is 0 Å². The van der Waals surface area contributed by atoms with Crippen molar-refractivity contribution in [2.24, 2.45) is 0 Å². The van der Waals surface area contributed by atoms with Crippen LogP contribution in [0, 0.1) is 0 Å². The molecule has 1 heterocycles. The number of hydrogen-bond donors (Lipinski definition) is 0. The van der Waals surface area contributed by atoms with Gasteiger partial charge in [-0.2, -0.15) is 0 Å². The molecule has 4 aromatic rings. The van der Waals surface area contributed by atoms with Crippen molar-refractivity contribution in [1.82, 2.24) is 0 Å². The summed E-state index contributed by atoms with van der Waals surface area (Å²) < 4.78 is 0. The molecule has 0 spiro atoms. The summed E-state index contributed by atoms with van der Waals surface area (Å²) in [7, 11) is 0. The molecule has 3 aromatic carbocycles. The van der Waals surface area contributed by atoms with E-state index in [-0.39, 0.29) is 0 Å². The predicted octanol–water partition coefficient (Wildman–Crippen LogP) is 4.68. The Labute approximate surface area is 165 Å². The number of nitrogens with one attached hydrogen (secondary N) is 1. The zero-order valence-corrected chi connectivity index (χ0v) is 16.7. The summed E-state index contributed by atoms with van der Waals surface area (Å²) in [6.45, 7) is 0. The van der Waals surface area contributed by atoms with Crippen LogP contribution in [0.1, 0.15) is 5.56 Å². The van der Waals surface area contributed by atoms with Gasteiger partial charge in [-0.1, -0.05) is 0 Å². The van der Waals surface area contributed by atoms with Gasteiger partial charge in [-0.3, -0.25) is 0 Å². The first-order valence-electron chi connectivity index (χ1n) is 9.06. The van der Waals surface area contributed by atoms with Crippen LogP contribution >= 0.6 is 17.2 Å². The molecule has 0 aliphatic heterocycles. The van der Waals surface area contributed by atoms with Crippen molar-refractivity contribution in [3.8, 4) is 0 Å². The molecule has 0 saturated carbocycles. The number of benzene rings is 3. The van der Waals surface area contributed by atoms with Crippen LogP contribution in [0.15, 0.2) is 116 Å². The Morgan fingerprint density at radius 1 is 0.593 bits per heavy atom. The zero-order chi connectivity index (χ0) is 18.6. The fraction of sp³-hybridized carbons (Fsp3) is 0.0417. The summed E-state index contributed by atoms with van der Waals surface area (Å²) >= 11 is 8.03. The van der Waals surface area contributed by atoms with Crippen molar-refractivity contribution in [2.75, 3.05) is 0 Å². The van der Waals surface area contributed by atoms with Gasteiger partial charge in [0.05, 0.1) is 0 Å². The predicted molar refractivity (Wildman–Crippen MR) is 118 cm³/mol. The van der Waals surface area contributed by atoms with Crippen LogP contribution in [0.5, 0.6) is 0 Å². The van der Waals surface area contributed by atoms with E-state index < -0.39 is 5.96 Å². The Balaban J connectivity index is 2.09. The molecule has 0 saturated heterocycles. The molecule has 3 heteroatoms. The van der Waals surface area contributed by atoms with Crippen LogP contribution in [-0.4, -0.2) is 0 Å². The van der Waals surface area contributed by atoms with Gasteiger partial charge in [-0.25, -0.2) is 0 Å². The maximum absolute atomic E-state index is 8.03. The van der Waals surface area contributed by atoms with E-state index in [1.54, 1.807) is 0 Å². The third-order valence-electron chi connectivity index (χ3n) is 5.13. The quantitative estimate of drug-likeness (QED) is 0.439. The van der Waals surface area contributed by atoms with Crippen LogP contribution < -0.4 is 20.9 Å². The number of rotatable bonds is 5. The molecule has 1 aromatic heterocycles. The van der Waals surface area contributed by atoms with E-state index >= 15 is 0 Å². The SMILES string of the molecule is ClP(Cc1ccc[nH+]c1)(c1ccccc1)(c1ccccc1)c1ccccc1. The normalized spacial score (nSPS) is 12.9. The molecule has 0 amide bonds. The van der Waals surface area contributed by atoms with Crippen molar-refractivity contribution in [3.63, 3.8) is 0 Å². The van der Waals surface area contributed by atoms with E-state index in [0.717, 1.165) is 6.16 Å². The summed E-state index contributed by atoms with van der Waals surface area (Å²) in [6, 6.07) is 35.9. The van der Waals surface area contributed by atoms with E-state index in [1.165, 1.54) is 21.5 Å². The van der Waals surface area contributed by atoms with Crippen LogP contribution in [0.3, 0.4) is 0 Å². The molecular weight excluding hydrogens is 369 g/mol. The van der Waals surface area contributed by atoms with Crippen LogP contribution in [-0.2, 0) is 6.16 Å². The summed E-state index contributed by atoms with van der Waals surface area (Å²) in [5.74, 6) is -3.23. The summed E-state index contributed by atoms with van der Waals surface area (Å²) in [5, 5.41) is 3.56. The number of H-pyrrole nitrogens is 1. The zero-order valence-electron chi connectivity index (χ0n) is 15.0. The Morgan fingerprint density at radius 3 is 1.41 bits per heavy atom. The monoisotopic (exact) mass is 390 g/mol. The number of aromatic nitrogens is 1. The molecule has 0 atom stereocenters. The fourth-order valence-corrected chi connectivity index (χ4v) is 9.94. The van der Waals surface area contributed by atoms with Crippen molar-refractivity contribution in [2.45, 2.75) is 6.16 Å². The number of hydrogen-bond acceptors (Lipinski definition) is 0. The van der Waals surface area contributed by atoms with Crippen molar-refractivity contribution >= 4 is 33.1 Å². The van der Waals surface area contributed by atoms with Crippen LogP contribution in [0.4, 0.5) is 0 Å². The van der Waals surface area contributed by atoms with Gasteiger partial charge in [0.1, 0.15) is 0 Å². The Bertz CT molecular complexity index is 906. The van der Waals surface area contributed by atoms with Gasteiger partial charge in [0.2, 0.25) is 0 Å². The summed E-state index contributed by atoms with van der Waals surface area (Å²) in [5.41, 5.74) is 1.20. The molecule has 0 aliphatic rings. The molecule has 0 aliphatic carbocycles. The minimum atomic E-state index is -3.23. The second-order valence-electron chi connectivity index (χ2n) is 6.76. The molecule has 1 N–H and O–H groups in total. The average Bonchev–Trinajstić information content (AvgIpc) is 2.76. The Morgan fingerprint density at radius 2 is 1.04 bits per heavy atom. The van der Waals surface area contributed by atoms with Gasteiger partial charge in [-0.15, -0.1) is 0 Å². The Hall–Kier alpha value is -2.47. The third-order valence-corrected chi connectivity index (χ3v) is 12.3. The molecule has 4 rings (SSSR count). The topological polar surface area (TPSA) is 14.1 Å². The number of aromatic amines is 1. The fourth-order valence-electron chi connectivity index (χ4n) is 3.81. The summed E-state index contributed by atoms with van der Waals surface area (Å²) in [6.07, 6.45) is 4.74.